The van der Waals surface area contributed by atoms with E-state index in [4.69, 9.17) is 4.74 Å². The van der Waals surface area contributed by atoms with E-state index in [2.05, 4.69) is 9.98 Å². The fourth-order valence-corrected chi connectivity index (χ4v) is 2.48. The van der Waals surface area contributed by atoms with Gasteiger partial charge in [0.2, 0.25) is 5.88 Å². The van der Waals surface area contributed by atoms with Gasteiger partial charge in [0.05, 0.1) is 19.3 Å². The first-order valence-electron chi connectivity index (χ1n) is 7.97. The average molecular weight is 369 g/mol. The Morgan fingerprint density at radius 1 is 1.19 bits per heavy atom. The zero-order valence-electron chi connectivity index (χ0n) is 14.3. The number of nitrogens with one attached hydrogen (secondary N) is 1. The smallest absolute Gasteiger partial charge is 0.335 e. The molecule has 7 nitrogen and oxygen atoms in total. The highest BCUT2D eigenvalue weighted by molar-refractivity contribution is 5.82. The molecule has 3 rings (SSSR count). The molecule has 0 spiro atoms. The first kappa shape index (κ1) is 18.1. The van der Waals surface area contributed by atoms with Crippen LogP contribution in [0.15, 0.2) is 63.1 Å². The summed E-state index contributed by atoms with van der Waals surface area (Å²) in [6, 6.07) is 12.6. The SMILES string of the molecule is COc1ccc(CN=Cc2c(O)n(-c3ccccc3F)c(=O)[nH]c2=O)cc1. The molecule has 2 N–H and O–H groups in total. The predicted molar refractivity (Wildman–Crippen MR) is 98.6 cm³/mol. The van der Waals surface area contributed by atoms with Crippen molar-refractivity contribution < 1.29 is 14.2 Å². The van der Waals surface area contributed by atoms with Crippen LogP contribution in [0.25, 0.3) is 5.69 Å². The molecule has 27 heavy (non-hydrogen) atoms. The number of hydrogen-bond donors (Lipinski definition) is 2. The Bertz CT molecular complexity index is 1100. The second-order valence-corrected chi connectivity index (χ2v) is 5.60. The number of benzene rings is 2. The second kappa shape index (κ2) is 7.69. The van der Waals surface area contributed by atoms with Gasteiger partial charge in [0.15, 0.2) is 0 Å². The first-order chi connectivity index (χ1) is 13.0. The largest absolute Gasteiger partial charge is 0.497 e. The average Bonchev–Trinajstić information content (AvgIpc) is 2.66. The quantitative estimate of drug-likeness (QED) is 0.672. The Kier molecular flexibility index (Phi) is 5.16. The van der Waals surface area contributed by atoms with E-state index < -0.39 is 22.9 Å². The molecule has 0 aliphatic rings. The van der Waals surface area contributed by atoms with E-state index in [-0.39, 0.29) is 17.8 Å². The molecule has 0 unspecified atom stereocenters. The van der Waals surface area contributed by atoms with Gasteiger partial charge in [0.25, 0.3) is 5.56 Å². The lowest BCUT2D eigenvalue weighted by Gasteiger charge is -2.10. The van der Waals surface area contributed by atoms with Crippen LogP contribution < -0.4 is 16.0 Å². The van der Waals surface area contributed by atoms with Crippen LogP contribution in [-0.2, 0) is 6.54 Å². The molecule has 3 aromatic rings. The summed E-state index contributed by atoms with van der Waals surface area (Å²) in [4.78, 5) is 30.2. The second-order valence-electron chi connectivity index (χ2n) is 5.60. The van der Waals surface area contributed by atoms with Gasteiger partial charge in [-0.2, -0.15) is 0 Å². The van der Waals surface area contributed by atoms with Gasteiger partial charge in [-0.25, -0.2) is 13.8 Å². The van der Waals surface area contributed by atoms with Crippen molar-refractivity contribution in [1.29, 1.82) is 0 Å². The Hall–Kier alpha value is -3.68. The number of H-pyrrole nitrogens is 1. The van der Waals surface area contributed by atoms with Crippen LogP contribution in [0.2, 0.25) is 0 Å². The zero-order valence-corrected chi connectivity index (χ0v) is 14.3. The monoisotopic (exact) mass is 369 g/mol. The molecule has 2 aromatic carbocycles. The summed E-state index contributed by atoms with van der Waals surface area (Å²) < 4.78 is 19.8. The molecule has 1 heterocycles. The van der Waals surface area contributed by atoms with E-state index in [9.17, 15) is 19.1 Å². The number of para-hydroxylation sites is 1. The number of aromatic nitrogens is 2. The molecule has 0 radical (unpaired) electrons. The zero-order chi connectivity index (χ0) is 19.4. The number of aliphatic imine (C=N–C) groups is 1. The molecule has 1 aromatic heterocycles. The third kappa shape index (κ3) is 3.79. The van der Waals surface area contributed by atoms with Crippen LogP contribution >= 0.6 is 0 Å². The predicted octanol–water partition coefficient (Wildman–Crippen LogP) is 2.00. The molecule has 0 saturated carbocycles. The molecule has 0 saturated heterocycles. The number of aromatic hydroxyl groups is 1. The van der Waals surface area contributed by atoms with E-state index in [1.165, 1.54) is 18.2 Å². The summed E-state index contributed by atoms with van der Waals surface area (Å²) in [5.41, 5.74) is -1.34. The van der Waals surface area contributed by atoms with Crippen molar-refractivity contribution in [1.82, 2.24) is 9.55 Å². The number of hydrogen-bond acceptors (Lipinski definition) is 5. The van der Waals surface area contributed by atoms with Crippen molar-refractivity contribution in [3.63, 3.8) is 0 Å². The number of halogens is 1. The maximum atomic E-state index is 14.0. The van der Waals surface area contributed by atoms with E-state index in [1.807, 2.05) is 0 Å². The van der Waals surface area contributed by atoms with Crippen LogP contribution in [0.5, 0.6) is 11.6 Å². The first-order valence-corrected chi connectivity index (χ1v) is 7.97. The number of nitrogens with zero attached hydrogens (tertiary/aromatic N) is 2. The molecular weight excluding hydrogens is 353 g/mol. The minimum atomic E-state index is -0.949. The van der Waals surface area contributed by atoms with Gasteiger partial charge >= 0.3 is 5.69 Å². The van der Waals surface area contributed by atoms with Gasteiger partial charge in [-0.05, 0) is 29.8 Å². The van der Waals surface area contributed by atoms with Crippen molar-refractivity contribution in [3.05, 3.63) is 86.3 Å². The minimum absolute atomic E-state index is 0.180. The van der Waals surface area contributed by atoms with Crippen LogP contribution in [-0.4, -0.2) is 28.0 Å². The molecule has 0 atom stereocenters. The van der Waals surface area contributed by atoms with Crippen LogP contribution in [0.3, 0.4) is 0 Å². The maximum absolute atomic E-state index is 14.0. The van der Waals surface area contributed by atoms with E-state index in [1.54, 1.807) is 31.4 Å². The molecule has 0 amide bonds. The molecule has 0 aliphatic carbocycles. The molecule has 0 fully saturated rings. The lowest BCUT2D eigenvalue weighted by molar-refractivity contribution is 0.414. The Balaban J connectivity index is 1.96. The van der Waals surface area contributed by atoms with Gasteiger partial charge in [-0.3, -0.25) is 14.8 Å². The summed E-state index contributed by atoms with van der Waals surface area (Å²) in [6.07, 6.45) is 1.15. The highest BCUT2D eigenvalue weighted by Gasteiger charge is 2.16. The molecular formula is C19H16FN3O4. The van der Waals surface area contributed by atoms with E-state index >= 15 is 0 Å². The molecule has 0 aliphatic heterocycles. The van der Waals surface area contributed by atoms with Crippen LogP contribution in [0.1, 0.15) is 11.1 Å². The highest BCUT2D eigenvalue weighted by Crippen LogP contribution is 2.18. The Labute approximate surface area is 153 Å². The fraction of sp³-hybridized carbons (Fsp3) is 0.105. The molecule has 138 valence electrons. The topological polar surface area (TPSA) is 96.7 Å². The summed E-state index contributed by atoms with van der Waals surface area (Å²) in [5.74, 6) is -0.704. The van der Waals surface area contributed by atoms with Gasteiger partial charge < -0.3 is 9.84 Å². The lowest BCUT2D eigenvalue weighted by Crippen LogP contribution is -2.31. The van der Waals surface area contributed by atoms with Gasteiger partial charge in [0, 0.05) is 6.21 Å². The molecule has 8 heteroatoms. The third-order valence-electron chi connectivity index (χ3n) is 3.87. The number of aromatic amines is 1. The normalized spacial score (nSPS) is 11.0. The van der Waals surface area contributed by atoms with Crippen LogP contribution in [0.4, 0.5) is 4.39 Å². The van der Waals surface area contributed by atoms with Gasteiger partial charge in [-0.15, -0.1) is 0 Å². The maximum Gasteiger partial charge on any atom is 0.335 e. The highest BCUT2D eigenvalue weighted by atomic mass is 19.1. The fourth-order valence-electron chi connectivity index (χ4n) is 2.48. The summed E-state index contributed by atoms with van der Waals surface area (Å²) in [6.45, 7) is 0.238. The van der Waals surface area contributed by atoms with E-state index in [0.717, 1.165) is 17.8 Å². The van der Waals surface area contributed by atoms with Crippen molar-refractivity contribution >= 4 is 6.21 Å². The number of rotatable bonds is 5. The Morgan fingerprint density at radius 2 is 1.89 bits per heavy atom. The third-order valence-corrected chi connectivity index (χ3v) is 3.87. The van der Waals surface area contributed by atoms with Crippen molar-refractivity contribution in [2.45, 2.75) is 6.54 Å². The van der Waals surface area contributed by atoms with Crippen LogP contribution in [0, 0.1) is 5.82 Å². The standard InChI is InChI=1S/C19H16FN3O4/c1-27-13-8-6-12(7-9-13)10-21-11-14-17(24)22-19(26)23(18(14)25)16-5-3-2-4-15(16)20/h2-9,11,25H,10H2,1H3,(H,22,24,26). The lowest BCUT2D eigenvalue weighted by atomic mass is 10.2. The van der Waals surface area contributed by atoms with E-state index in [0.29, 0.717) is 10.3 Å². The summed E-state index contributed by atoms with van der Waals surface area (Å²) >= 11 is 0. The molecule has 0 bridgehead atoms. The number of ether oxygens (including phenoxy) is 1. The van der Waals surface area contributed by atoms with Crippen molar-refractivity contribution in [3.8, 4) is 17.3 Å². The number of methoxy groups -OCH3 is 1. The van der Waals surface area contributed by atoms with Gasteiger partial charge in [0.1, 0.15) is 17.1 Å². The van der Waals surface area contributed by atoms with Gasteiger partial charge in [-0.1, -0.05) is 24.3 Å². The minimum Gasteiger partial charge on any atom is -0.497 e. The summed E-state index contributed by atoms with van der Waals surface area (Å²) in [5, 5.41) is 10.4. The Morgan fingerprint density at radius 3 is 2.56 bits per heavy atom. The van der Waals surface area contributed by atoms with Crippen molar-refractivity contribution in [2.75, 3.05) is 7.11 Å². The summed E-state index contributed by atoms with van der Waals surface area (Å²) in [7, 11) is 1.56. The van der Waals surface area contributed by atoms with Crippen molar-refractivity contribution in [2.24, 2.45) is 4.99 Å².